The third kappa shape index (κ3) is 4.19. The van der Waals surface area contributed by atoms with E-state index in [1.807, 2.05) is 53.2 Å². The summed E-state index contributed by atoms with van der Waals surface area (Å²) in [5.74, 6) is -0.818. The van der Waals surface area contributed by atoms with Crippen molar-refractivity contribution in [2.75, 3.05) is 5.73 Å². The molecule has 1 atom stereocenters. The molecule has 30 heavy (non-hydrogen) atoms. The maximum absolute atomic E-state index is 11.0. The summed E-state index contributed by atoms with van der Waals surface area (Å²) in [6.07, 6.45) is 2.24. The van der Waals surface area contributed by atoms with E-state index in [0.717, 1.165) is 37.9 Å². The minimum atomic E-state index is -1.02. The Hall–Kier alpha value is -3.23. The van der Waals surface area contributed by atoms with Crippen LogP contribution in [0, 0.1) is 0 Å². The third-order valence-electron chi connectivity index (χ3n) is 4.90. The van der Waals surface area contributed by atoms with Crippen LogP contribution < -0.4 is 11.5 Å². The van der Waals surface area contributed by atoms with E-state index in [-0.39, 0.29) is 12.4 Å². The minimum Gasteiger partial charge on any atom is -0.480 e. The first-order chi connectivity index (χ1) is 14.4. The third-order valence-corrected chi connectivity index (χ3v) is 5.43. The van der Waals surface area contributed by atoms with Gasteiger partial charge in [-0.1, -0.05) is 52.3 Å². The van der Waals surface area contributed by atoms with Crippen LogP contribution in [0.5, 0.6) is 0 Å². The standard InChI is InChI=1S/C22H20BrN5O2/c23-16-7-3-14(4-8-16)12-28-10-9-17-19(26-22(25)27-20(17)28)15-5-1-13(2-6-15)11-18(24)21(29)30/h1-10,18H,11-12,24H2,(H,29,30)(H2,25,26,27)/t18-/m0/s1. The molecular weight excluding hydrogens is 446 g/mol. The van der Waals surface area contributed by atoms with Crippen molar-refractivity contribution in [2.24, 2.45) is 5.73 Å². The van der Waals surface area contributed by atoms with Gasteiger partial charge in [0.05, 0.1) is 5.69 Å². The van der Waals surface area contributed by atoms with Crippen molar-refractivity contribution in [1.82, 2.24) is 14.5 Å². The molecule has 7 nitrogen and oxygen atoms in total. The van der Waals surface area contributed by atoms with Crippen LogP contribution in [-0.2, 0) is 17.8 Å². The number of aromatic nitrogens is 3. The van der Waals surface area contributed by atoms with Crippen molar-refractivity contribution in [1.29, 1.82) is 0 Å². The van der Waals surface area contributed by atoms with Crippen molar-refractivity contribution in [3.05, 3.63) is 76.4 Å². The summed E-state index contributed by atoms with van der Waals surface area (Å²) in [5.41, 5.74) is 16.0. The Morgan fingerprint density at radius 1 is 1.03 bits per heavy atom. The van der Waals surface area contributed by atoms with Crippen LogP contribution in [0.2, 0.25) is 0 Å². The van der Waals surface area contributed by atoms with Gasteiger partial charge < -0.3 is 21.1 Å². The molecule has 0 aliphatic carbocycles. The van der Waals surface area contributed by atoms with Gasteiger partial charge in [0.2, 0.25) is 5.95 Å². The second-order valence-corrected chi connectivity index (χ2v) is 8.00. The number of fused-ring (bicyclic) bond motifs is 1. The largest absolute Gasteiger partial charge is 0.480 e. The number of hydrogen-bond acceptors (Lipinski definition) is 5. The monoisotopic (exact) mass is 465 g/mol. The topological polar surface area (TPSA) is 120 Å². The summed E-state index contributed by atoms with van der Waals surface area (Å²) in [6, 6.07) is 16.7. The molecule has 0 amide bonds. The Labute approximate surface area is 181 Å². The molecule has 0 aliphatic rings. The Kier molecular flexibility index (Phi) is 5.52. The number of aliphatic carboxylic acids is 1. The molecular formula is C22H20BrN5O2. The summed E-state index contributed by atoms with van der Waals surface area (Å²) in [5, 5.41) is 9.89. The van der Waals surface area contributed by atoms with Crippen molar-refractivity contribution < 1.29 is 9.90 Å². The van der Waals surface area contributed by atoms with Gasteiger partial charge in [0, 0.05) is 28.2 Å². The zero-order chi connectivity index (χ0) is 21.3. The number of rotatable bonds is 6. The lowest BCUT2D eigenvalue weighted by Gasteiger charge is -2.09. The van der Waals surface area contributed by atoms with Gasteiger partial charge in [0.25, 0.3) is 0 Å². The van der Waals surface area contributed by atoms with Gasteiger partial charge in [-0.3, -0.25) is 4.79 Å². The number of carboxylic acids is 1. The highest BCUT2D eigenvalue weighted by molar-refractivity contribution is 9.10. The van der Waals surface area contributed by atoms with Gasteiger partial charge in [0.15, 0.2) is 0 Å². The van der Waals surface area contributed by atoms with Crippen LogP contribution in [0.25, 0.3) is 22.3 Å². The SMILES string of the molecule is Nc1nc(-c2ccc(C[C@H](N)C(=O)O)cc2)c2ccn(Cc3ccc(Br)cc3)c2n1. The molecule has 0 bridgehead atoms. The average molecular weight is 466 g/mol. The maximum atomic E-state index is 11.0. The van der Waals surface area contributed by atoms with E-state index in [1.54, 1.807) is 0 Å². The number of carboxylic acid groups (broad SMARTS) is 1. The molecule has 0 saturated carbocycles. The highest BCUT2D eigenvalue weighted by Crippen LogP contribution is 2.28. The predicted molar refractivity (Wildman–Crippen MR) is 120 cm³/mol. The average Bonchev–Trinajstić information content (AvgIpc) is 3.12. The van der Waals surface area contributed by atoms with E-state index in [9.17, 15) is 4.79 Å². The predicted octanol–water partition coefficient (Wildman–Crippen LogP) is 3.45. The Morgan fingerprint density at radius 2 is 1.70 bits per heavy atom. The number of benzene rings is 2. The molecule has 2 heterocycles. The van der Waals surface area contributed by atoms with Gasteiger partial charge in [-0.25, -0.2) is 4.98 Å². The van der Waals surface area contributed by atoms with Crippen molar-refractivity contribution in [2.45, 2.75) is 19.0 Å². The van der Waals surface area contributed by atoms with Crippen molar-refractivity contribution >= 4 is 38.9 Å². The molecule has 0 saturated heterocycles. The molecule has 0 radical (unpaired) electrons. The molecule has 4 rings (SSSR count). The number of halogens is 1. The Balaban J connectivity index is 1.67. The first-order valence-electron chi connectivity index (χ1n) is 9.35. The first kappa shape index (κ1) is 20.1. The fourth-order valence-electron chi connectivity index (χ4n) is 3.36. The molecule has 2 aromatic heterocycles. The van der Waals surface area contributed by atoms with Crippen LogP contribution in [0.1, 0.15) is 11.1 Å². The smallest absolute Gasteiger partial charge is 0.320 e. The van der Waals surface area contributed by atoms with Gasteiger partial charge >= 0.3 is 5.97 Å². The molecule has 4 aromatic rings. The number of nitrogen functional groups attached to an aromatic ring is 1. The number of hydrogen-bond donors (Lipinski definition) is 3. The van der Waals surface area contributed by atoms with Gasteiger partial charge in [-0.2, -0.15) is 4.98 Å². The van der Waals surface area contributed by atoms with E-state index in [1.165, 1.54) is 0 Å². The summed E-state index contributed by atoms with van der Waals surface area (Å²) in [4.78, 5) is 19.9. The van der Waals surface area contributed by atoms with Crippen molar-refractivity contribution in [3.63, 3.8) is 0 Å². The minimum absolute atomic E-state index is 0.199. The molecule has 0 unspecified atom stereocenters. The van der Waals surface area contributed by atoms with Crippen LogP contribution >= 0.6 is 15.9 Å². The van der Waals surface area contributed by atoms with Crippen LogP contribution in [-0.4, -0.2) is 31.7 Å². The molecule has 2 aromatic carbocycles. The van der Waals surface area contributed by atoms with Crippen LogP contribution in [0.4, 0.5) is 5.95 Å². The number of carbonyl (C=O) groups is 1. The zero-order valence-corrected chi connectivity index (χ0v) is 17.6. The lowest BCUT2D eigenvalue weighted by atomic mass is 10.0. The van der Waals surface area contributed by atoms with Gasteiger partial charge in [-0.05, 0) is 35.7 Å². The molecule has 152 valence electrons. The van der Waals surface area contributed by atoms with Gasteiger partial charge in [-0.15, -0.1) is 0 Å². The van der Waals surface area contributed by atoms with E-state index < -0.39 is 12.0 Å². The Morgan fingerprint density at radius 3 is 2.37 bits per heavy atom. The van der Waals surface area contributed by atoms with Crippen molar-refractivity contribution in [3.8, 4) is 11.3 Å². The second kappa shape index (κ2) is 8.25. The Bertz CT molecular complexity index is 1200. The number of anilines is 1. The van der Waals surface area contributed by atoms with E-state index in [0.29, 0.717) is 6.54 Å². The van der Waals surface area contributed by atoms with E-state index in [4.69, 9.17) is 16.6 Å². The van der Waals surface area contributed by atoms with Crippen LogP contribution in [0.15, 0.2) is 65.3 Å². The van der Waals surface area contributed by atoms with E-state index >= 15 is 0 Å². The maximum Gasteiger partial charge on any atom is 0.320 e. The summed E-state index contributed by atoms with van der Waals surface area (Å²) in [7, 11) is 0. The van der Waals surface area contributed by atoms with E-state index in [2.05, 4.69) is 38.0 Å². The fraction of sp³-hybridized carbons (Fsp3) is 0.136. The highest BCUT2D eigenvalue weighted by Gasteiger charge is 2.15. The summed E-state index contributed by atoms with van der Waals surface area (Å²) in [6.45, 7) is 0.665. The molecule has 0 fully saturated rings. The summed E-state index contributed by atoms with van der Waals surface area (Å²) >= 11 is 3.45. The molecule has 0 spiro atoms. The number of nitrogens with two attached hydrogens (primary N) is 2. The quantitative estimate of drug-likeness (QED) is 0.401. The van der Waals surface area contributed by atoms with Crippen LogP contribution in [0.3, 0.4) is 0 Å². The van der Waals surface area contributed by atoms with Gasteiger partial charge in [0.1, 0.15) is 11.7 Å². The number of nitrogens with zero attached hydrogens (tertiary/aromatic N) is 3. The lowest BCUT2D eigenvalue weighted by molar-refractivity contribution is -0.138. The normalized spacial score (nSPS) is 12.2. The lowest BCUT2D eigenvalue weighted by Crippen LogP contribution is -2.32. The summed E-state index contributed by atoms with van der Waals surface area (Å²) < 4.78 is 3.07. The highest BCUT2D eigenvalue weighted by atomic mass is 79.9. The zero-order valence-electron chi connectivity index (χ0n) is 16.0. The molecule has 8 heteroatoms. The fourth-order valence-corrected chi connectivity index (χ4v) is 3.62. The molecule has 5 N–H and O–H groups in total. The second-order valence-electron chi connectivity index (χ2n) is 7.08. The molecule has 0 aliphatic heterocycles. The first-order valence-corrected chi connectivity index (χ1v) is 10.1.